The fraction of sp³-hybridized carbons (Fsp3) is 0.857. The van der Waals surface area contributed by atoms with E-state index in [2.05, 4.69) is 19.2 Å². The van der Waals surface area contributed by atoms with Crippen molar-refractivity contribution in [3.8, 4) is 0 Å². The fourth-order valence-electron chi connectivity index (χ4n) is 2.34. The summed E-state index contributed by atoms with van der Waals surface area (Å²) in [5, 5.41) is 11.9. The fourth-order valence-corrected chi connectivity index (χ4v) is 3.43. The van der Waals surface area contributed by atoms with Gasteiger partial charge in [-0.1, -0.05) is 13.8 Å². The van der Waals surface area contributed by atoms with Crippen LogP contribution < -0.4 is 5.32 Å². The molecule has 0 aliphatic carbocycles. The van der Waals surface area contributed by atoms with Crippen LogP contribution in [0.25, 0.3) is 0 Å². The van der Waals surface area contributed by atoms with Gasteiger partial charge >= 0.3 is 5.97 Å². The molecule has 0 spiro atoms. The first-order valence-corrected chi connectivity index (χ1v) is 8.40. The van der Waals surface area contributed by atoms with Gasteiger partial charge in [-0.2, -0.15) is 11.8 Å². The molecule has 6 heteroatoms. The van der Waals surface area contributed by atoms with Gasteiger partial charge in [0.15, 0.2) is 0 Å². The second kappa shape index (κ2) is 8.52. The molecule has 1 fully saturated rings. The molecule has 1 aliphatic heterocycles. The smallest absolute Gasteiger partial charge is 0.304 e. The zero-order valence-corrected chi connectivity index (χ0v) is 13.4. The van der Waals surface area contributed by atoms with E-state index in [0.29, 0.717) is 12.5 Å². The number of hydrogen-bond acceptors (Lipinski definition) is 4. The van der Waals surface area contributed by atoms with Gasteiger partial charge in [0.1, 0.15) is 0 Å². The van der Waals surface area contributed by atoms with Crippen molar-refractivity contribution in [2.24, 2.45) is 5.92 Å². The minimum atomic E-state index is -0.796. The van der Waals surface area contributed by atoms with E-state index < -0.39 is 5.97 Å². The van der Waals surface area contributed by atoms with Crippen LogP contribution in [0.2, 0.25) is 0 Å². The minimum Gasteiger partial charge on any atom is -0.481 e. The van der Waals surface area contributed by atoms with Crippen molar-refractivity contribution in [3.63, 3.8) is 0 Å². The molecule has 5 nitrogen and oxygen atoms in total. The van der Waals surface area contributed by atoms with Crippen molar-refractivity contribution in [3.05, 3.63) is 0 Å². The van der Waals surface area contributed by atoms with E-state index in [1.165, 1.54) is 0 Å². The highest BCUT2D eigenvalue weighted by Crippen LogP contribution is 2.21. The van der Waals surface area contributed by atoms with Crippen LogP contribution in [-0.4, -0.2) is 58.6 Å². The zero-order valence-electron chi connectivity index (χ0n) is 12.6. The number of aliphatic carboxylic acids is 1. The van der Waals surface area contributed by atoms with Gasteiger partial charge in [-0.3, -0.25) is 14.5 Å². The molecule has 1 aliphatic rings. The second-order valence-corrected chi connectivity index (χ2v) is 6.86. The Morgan fingerprint density at radius 3 is 2.70 bits per heavy atom. The Bertz CT molecular complexity index is 336. The number of nitrogens with zero attached hydrogens (tertiary/aromatic N) is 1. The van der Waals surface area contributed by atoms with Crippen LogP contribution in [0.5, 0.6) is 0 Å². The highest BCUT2D eigenvalue weighted by Gasteiger charge is 2.31. The molecule has 0 aromatic carbocycles. The Morgan fingerprint density at radius 2 is 2.10 bits per heavy atom. The van der Waals surface area contributed by atoms with Crippen LogP contribution >= 0.6 is 11.8 Å². The summed E-state index contributed by atoms with van der Waals surface area (Å²) in [6.45, 7) is 7.59. The first-order valence-electron chi connectivity index (χ1n) is 7.24. The SMILES string of the molecule is CC(C)CCNC(=O)C(C)N1CCSCC1CC(=O)O. The van der Waals surface area contributed by atoms with Gasteiger partial charge in [-0.05, 0) is 19.3 Å². The molecule has 20 heavy (non-hydrogen) atoms. The number of carboxylic acids is 1. The normalized spacial score (nSPS) is 21.7. The van der Waals surface area contributed by atoms with E-state index in [-0.39, 0.29) is 24.4 Å². The average molecular weight is 302 g/mol. The number of rotatable bonds is 7. The second-order valence-electron chi connectivity index (χ2n) is 5.71. The summed E-state index contributed by atoms with van der Waals surface area (Å²) in [5.74, 6) is 1.52. The third kappa shape index (κ3) is 5.71. The number of thioether (sulfide) groups is 1. The standard InChI is InChI=1S/C14H26N2O3S/c1-10(2)4-5-15-14(19)11(3)16-6-7-20-9-12(16)8-13(17)18/h10-12H,4-9H2,1-3H3,(H,15,19)(H,17,18). The molecular formula is C14H26N2O3S. The zero-order chi connectivity index (χ0) is 15.1. The lowest BCUT2D eigenvalue weighted by Gasteiger charge is -2.38. The molecule has 2 N–H and O–H groups in total. The first kappa shape index (κ1) is 17.3. The van der Waals surface area contributed by atoms with E-state index in [0.717, 1.165) is 24.5 Å². The van der Waals surface area contributed by atoms with Gasteiger partial charge in [0, 0.05) is 30.6 Å². The molecule has 0 aromatic heterocycles. The molecule has 0 bridgehead atoms. The van der Waals surface area contributed by atoms with Gasteiger partial charge < -0.3 is 10.4 Å². The highest BCUT2D eigenvalue weighted by molar-refractivity contribution is 7.99. The van der Waals surface area contributed by atoms with Crippen molar-refractivity contribution in [1.29, 1.82) is 0 Å². The quantitative estimate of drug-likeness (QED) is 0.744. The lowest BCUT2D eigenvalue weighted by molar-refractivity contribution is -0.139. The number of carbonyl (C=O) groups excluding carboxylic acids is 1. The third-order valence-corrected chi connectivity index (χ3v) is 4.67. The predicted molar refractivity (Wildman–Crippen MR) is 82.0 cm³/mol. The number of hydrogen-bond donors (Lipinski definition) is 2. The topological polar surface area (TPSA) is 69.6 Å². The van der Waals surface area contributed by atoms with Crippen LogP contribution in [0.3, 0.4) is 0 Å². The van der Waals surface area contributed by atoms with Gasteiger partial charge in [-0.25, -0.2) is 0 Å². The van der Waals surface area contributed by atoms with Gasteiger partial charge in [0.05, 0.1) is 12.5 Å². The summed E-state index contributed by atoms with van der Waals surface area (Å²) < 4.78 is 0. The van der Waals surface area contributed by atoms with Crippen LogP contribution in [-0.2, 0) is 9.59 Å². The summed E-state index contributed by atoms with van der Waals surface area (Å²) in [6, 6.07) is -0.301. The molecule has 1 amide bonds. The van der Waals surface area contributed by atoms with Crippen molar-refractivity contribution in [2.45, 2.75) is 45.7 Å². The van der Waals surface area contributed by atoms with E-state index in [4.69, 9.17) is 5.11 Å². The van der Waals surface area contributed by atoms with Crippen molar-refractivity contribution < 1.29 is 14.7 Å². The first-order chi connectivity index (χ1) is 9.41. The number of amides is 1. The van der Waals surface area contributed by atoms with Crippen molar-refractivity contribution in [2.75, 3.05) is 24.6 Å². The van der Waals surface area contributed by atoms with E-state index in [1.54, 1.807) is 11.8 Å². The largest absolute Gasteiger partial charge is 0.481 e. The maximum absolute atomic E-state index is 12.1. The Balaban J connectivity index is 2.51. The summed E-state index contributed by atoms with van der Waals surface area (Å²) in [7, 11) is 0. The molecule has 1 saturated heterocycles. The average Bonchev–Trinajstić information content (AvgIpc) is 2.37. The van der Waals surface area contributed by atoms with Gasteiger partial charge in [0.2, 0.25) is 5.91 Å². The Labute approximate surface area is 125 Å². The maximum Gasteiger partial charge on any atom is 0.304 e. The van der Waals surface area contributed by atoms with Crippen molar-refractivity contribution in [1.82, 2.24) is 10.2 Å². The van der Waals surface area contributed by atoms with E-state index >= 15 is 0 Å². The Kier molecular flexibility index (Phi) is 7.37. The predicted octanol–water partition coefficient (Wildman–Crippen LogP) is 1.43. The van der Waals surface area contributed by atoms with Gasteiger partial charge in [-0.15, -0.1) is 0 Å². The molecule has 0 radical (unpaired) electrons. The van der Waals surface area contributed by atoms with E-state index in [1.807, 2.05) is 11.8 Å². The Morgan fingerprint density at radius 1 is 1.40 bits per heavy atom. The van der Waals surface area contributed by atoms with Crippen LogP contribution in [0.15, 0.2) is 0 Å². The molecule has 1 rings (SSSR count). The summed E-state index contributed by atoms with van der Waals surface area (Å²) in [5.41, 5.74) is 0. The van der Waals surface area contributed by atoms with Crippen molar-refractivity contribution >= 4 is 23.6 Å². The van der Waals surface area contributed by atoms with Crippen LogP contribution in [0, 0.1) is 5.92 Å². The Hall–Kier alpha value is -0.750. The summed E-state index contributed by atoms with van der Waals surface area (Å²) in [4.78, 5) is 25.1. The number of carboxylic acid groups (broad SMARTS) is 1. The lowest BCUT2D eigenvalue weighted by Crippen LogP contribution is -2.53. The molecule has 2 atom stereocenters. The molecule has 1 heterocycles. The molecule has 0 aromatic rings. The number of carbonyl (C=O) groups is 2. The van der Waals surface area contributed by atoms with Crippen LogP contribution in [0.1, 0.15) is 33.6 Å². The monoisotopic (exact) mass is 302 g/mol. The highest BCUT2D eigenvalue weighted by atomic mass is 32.2. The van der Waals surface area contributed by atoms with Crippen LogP contribution in [0.4, 0.5) is 0 Å². The minimum absolute atomic E-state index is 0.00735. The molecule has 116 valence electrons. The molecule has 2 unspecified atom stereocenters. The lowest BCUT2D eigenvalue weighted by atomic mass is 10.1. The maximum atomic E-state index is 12.1. The van der Waals surface area contributed by atoms with Gasteiger partial charge in [0.25, 0.3) is 0 Å². The molecule has 0 saturated carbocycles. The molecular weight excluding hydrogens is 276 g/mol. The summed E-state index contributed by atoms with van der Waals surface area (Å²) in [6.07, 6.45) is 1.07. The number of nitrogens with one attached hydrogen (secondary N) is 1. The summed E-state index contributed by atoms with van der Waals surface area (Å²) >= 11 is 1.76. The third-order valence-electron chi connectivity index (χ3n) is 3.58. The van der Waals surface area contributed by atoms with E-state index in [9.17, 15) is 9.59 Å².